The van der Waals surface area contributed by atoms with E-state index in [4.69, 9.17) is 0 Å². The monoisotopic (exact) mass is 372 g/mol. The van der Waals surface area contributed by atoms with Gasteiger partial charge in [0.1, 0.15) is 0 Å². The fourth-order valence-corrected chi connectivity index (χ4v) is 4.70. The summed E-state index contributed by atoms with van der Waals surface area (Å²) in [5.74, 6) is 0.627. The summed E-state index contributed by atoms with van der Waals surface area (Å²) in [6.07, 6.45) is 0. The van der Waals surface area contributed by atoms with E-state index < -0.39 is 0 Å². The van der Waals surface area contributed by atoms with Crippen molar-refractivity contribution in [3.63, 3.8) is 0 Å². The van der Waals surface area contributed by atoms with Crippen LogP contribution < -0.4 is 0 Å². The Balaban J connectivity index is 1.80. The lowest BCUT2D eigenvalue weighted by Gasteiger charge is -2.28. The van der Waals surface area contributed by atoms with E-state index >= 15 is 0 Å². The minimum atomic E-state index is 0.273. The average molecular weight is 373 g/mol. The molecule has 0 heterocycles. The van der Waals surface area contributed by atoms with Gasteiger partial charge in [-0.1, -0.05) is 122 Å². The standard InChI is InChI=1S/C29H24/c1-21(22-11-3-2-4-12-22)29(27-19-9-15-23-13-5-7-17-25(23)27)28-20-10-16-24-14-6-8-18-26(24)28/h2-21,29H,1H3. The summed E-state index contributed by atoms with van der Waals surface area (Å²) in [5.41, 5.74) is 4.17. The molecule has 5 rings (SSSR count). The molecule has 0 N–H and O–H groups in total. The number of rotatable bonds is 4. The summed E-state index contributed by atoms with van der Waals surface area (Å²) in [6, 6.07) is 41.9. The SMILES string of the molecule is CC(c1ccccc1)C(c1cccc2ccccc12)c1cccc2ccccc12. The Kier molecular flexibility index (Phi) is 4.62. The summed E-state index contributed by atoms with van der Waals surface area (Å²) in [6.45, 7) is 2.36. The minimum Gasteiger partial charge on any atom is -0.0622 e. The van der Waals surface area contributed by atoms with Gasteiger partial charge in [-0.15, -0.1) is 0 Å². The molecular weight excluding hydrogens is 348 g/mol. The highest BCUT2D eigenvalue weighted by Gasteiger charge is 2.25. The van der Waals surface area contributed by atoms with Gasteiger partial charge in [-0.25, -0.2) is 0 Å². The van der Waals surface area contributed by atoms with Gasteiger partial charge in [-0.2, -0.15) is 0 Å². The Hall–Kier alpha value is -3.38. The van der Waals surface area contributed by atoms with Gasteiger partial charge in [0.15, 0.2) is 0 Å². The van der Waals surface area contributed by atoms with Crippen LogP contribution in [0.1, 0.15) is 35.4 Å². The number of hydrogen-bond acceptors (Lipinski definition) is 0. The first-order valence-electron chi connectivity index (χ1n) is 10.3. The third-order valence-corrected chi connectivity index (χ3v) is 6.14. The van der Waals surface area contributed by atoms with Crippen LogP contribution in [-0.2, 0) is 0 Å². The Labute approximate surface area is 172 Å². The third kappa shape index (κ3) is 3.21. The molecule has 29 heavy (non-hydrogen) atoms. The molecule has 0 spiro atoms. The molecule has 0 saturated carbocycles. The van der Waals surface area contributed by atoms with Crippen molar-refractivity contribution in [2.45, 2.75) is 18.8 Å². The first-order valence-corrected chi connectivity index (χ1v) is 10.3. The highest BCUT2D eigenvalue weighted by atomic mass is 14.3. The van der Waals surface area contributed by atoms with Crippen LogP contribution in [0.25, 0.3) is 21.5 Å². The van der Waals surface area contributed by atoms with E-state index in [1.807, 2.05) is 0 Å². The molecule has 0 aliphatic heterocycles. The molecule has 5 aromatic rings. The topological polar surface area (TPSA) is 0 Å². The first-order chi connectivity index (χ1) is 14.3. The van der Waals surface area contributed by atoms with Crippen LogP contribution in [0.15, 0.2) is 115 Å². The van der Waals surface area contributed by atoms with E-state index in [-0.39, 0.29) is 5.92 Å². The second-order valence-corrected chi connectivity index (χ2v) is 7.81. The van der Waals surface area contributed by atoms with Crippen molar-refractivity contribution in [2.75, 3.05) is 0 Å². The van der Waals surface area contributed by atoms with Crippen LogP contribution in [0, 0.1) is 0 Å². The summed E-state index contributed by atoms with van der Waals surface area (Å²) >= 11 is 0. The van der Waals surface area contributed by atoms with Gasteiger partial charge in [0, 0.05) is 5.92 Å². The molecule has 0 aliphatic carbocycles. The molecule has 1 unspecified atom stereocenters. The molecule has 0 fully saturated rings. The zero-order valence-electron chi connectivity index (χ0n) is 16.6. The normalized spacial score (nSPS) is 12.5. The zero-order valence-corrected chi connectivity index (χ0v) is 16.6. The zero-order chi connectivity index (χ0) is 19.6. The van der Waals surface area contributed by atoms with E-state index in [0.717, 1.165) is 0 Å². The van der Waals surface area contributed by atoms with Crippen molar-refractivity contribution in [1.82, 2.24) is 0 Å². The molecule has 0 aromatic heterocycles. The van der Waals surface area contributed by atoms with E-state index in [2.05, 4.69) is 122 Å². The van der Waals surface area contributed by atoms with Gasteiger partial charge in [0.2, 0.25) is 0 Å². The van der Waals surface area contributed by atoms with E-state index in [0.29, 0.717) is 5.92 Å². The minimum absolute atomic E-state index is 0.273. The molecule has 140 valence electrons. The van der Waals surface area contributed by atoms with Crippen molar-refractivity contribution in [1.29, 1.82) is 0 Å². The van der Waals surface area contributed by atoms with Gasteiger partial charge in [-0.3, -0.25) is 0 Å². The van der Waals surface area contributed by atoms with Crippen molar-refractivity contribution < 1.29 is 0 Å². The van der Waals surface area contributed by atoms with Crippen LogP contribution >= 0.6 is 0 Å². The van der Waals surface area contributed by atoms with Crippen LogP contribution in [-0.4, -0.2) is 0 Å². The molecule has 5 aromatic carbocycles. The molecule has 0 aliphatic rings. The summed E-state index contributed by atoms with van der Waals surface area (Å²) in [4.78, 5) is 0. The molecular formula is C29H24. The second kappa shape index (κ2) is 7.56. The van der Waals surface area contributed by atoms with Gasteiger partial charge >= 0.3 is 0 Å². The van der Waals surface area contributed by atoms with E-state index in [1.165, 1.54) is 38.2 Å². The van der Waals surface area contributed by atoms with Crippen molar-refractivity contribution in [2.24, 2.45) is 0 Å². The predicted octanol–water partition coefficient (Wildman–Crippen LogP) is 7.93. The highest BCUT2D eigenvalue weighted by molar-refractivity contribution is 5.90. The summed E-state index contributed by atoms with van der Waals surface area (Å²) in [7, 11) is 0. The molecule has 0 bridgehead atoms. The fourth-order valence-electron chi connectivity index (χ4n) is 4.70. The van der Waals surface area contributed by atoms with Crippen molar-refractivity contribution in [3.05, 3.63) is 132 Å². The van der Waals surface area contributed by atoms with Crippen molar-refractivity contribution >= 4 is 21.5 Å². The number of benzene rings is 5. The predicted molar refractivity (Wildman–Crippen MR) is 125 cm³/mol. The van der Waals surface area contributed by atoms with Crippen LogP contribution in [0.2, 0.25) is 0 Å². The molecule has 0 amide bonds. The van der Waals surface area contributed by atoms with Gasteiger partial charge in [0.05, 0.1) is 0 Å². The lowest BCUT2D eigenvalue weighted by Crippen LogP contribution is -2.11. The lowest BCUT2D eigenvalue weighted by atomic mass is 9.75. The molecule has 1 atom stereocenters. The van der Waals surface area contributed by atoms with Crippen LogP contribution in [0.4, 0.5) is 0 Å². The smallest absolute Gasteiger partial charge is 0.0168 e. The molecule has 0 heteroatoms. The average Bonchev–Trinajstić information content (AvgIpc) is 2.80. The lowest BCUT2D eigenvalue weighted by molar-refractivity contribution is 0.666. The summed E-state index contributed by atoms with van der Waals surface area (Å²) in [5, 5.41) is 5.29. The van der Waals surface area contributed by atoms with Gasteiger partial charge < -0.3 is 0 Å². The van der Waals surface area contributed by atoms with Gasteiger partial charge in [0.25, 0.3) is 0 Å². The Morgan fingerprint density at radius 2 is 0.897 bits per heavy atom. The highest BCUT2D eigenvalue weighted by Crippen LogP contribution is 2.43. The third-order valence-electron chi connectivity index (χ3n) is 6.14. The van der Waals surface area contributed by atoms with Crippen LogP contribution in [0.5, 0.6) is 0 Å². The van der Waals surface area contributed by atoms with E-state index in [9.17, 15) is 0 Å². The Morgan fingerprint density at radius 1 is 0.448 bits per heavy atom. The maximum atomic E-state index is 2.36. The van der Waals surface area contributed by atoms with E-state index in [1.54, 1.807) is 0 Å². The largest absolute Gasteiger partial charge is 0.0622 e. The quantitative estimate of drug-likeness (QED) is 0.300. The van der Waals surface area contributed by atoms with Crippen LogP contribution in [0.3, 0.4) is 0 Å². The Morgan fingerprint density at radius 3 is 1.45 bits per heavy atom. The molecule has 0 radical (unpaired) electrons. The van der Waals surface area contributed by atoms with Gasteiger partial charge in [-0.05, 0) is 44.2 Å². The number of hydrogen-bond donors (Lipinski definition) is 0. The first kappa shape index (κ1) is 17.7. The fraction of sp³-hybridized carbons (Fsp3) is 0.103. The maximum absolute atomic E-state index is 2.36. The summed E-state index contributed by atoms with van der Waals surface area (Å²) < 4.78 is 0. The number of fused-ring (bicyclic) bond motifs is 2. The Bertz CT molecular complexity index is 1180. The van der Waals surface area contributed by atoms with Crippen molar-refractivity contribution in [3.8, 4) is 0 Å². The molecule has 0 saturated heterocycles. The second-order valence-electron chi connectivity index (χ2n) is 7.81. The molecule has 0 nitrogen and oxygen atoms in total. The maximum Gasteiger partial charge on any atom is 0.0168 e.